The molecule has 0 aromatic heterocycles. The molecular formula is C13H28O2. The summed E-state index contributed by atoms with van der Waals surface area (Å²) >= 11 is 0. The Morgan fingerprint density at radius 3 is 1.07 bits per heavy atom. The maximum atomic E-state index is 7.00. The molecule has 0 heterocycles. The molecule has 2 rings (SSSR count). The lowest BCUT2D eigenvalue weighted by atomic mass is 9.65. The van der Waals surface area contributed by atoms with E-state index in [4.69, 9.17) is 10.2 Å². The third-order valence-corrected chi connectivity index (χ3v) is 3.83. The van der Waals surface area contributed by atoms with Crippen molar-refractivity contribution >= 4 is 0 Å². The van der Waals surface area contributed by atoms with Crippen LogP contribution in [-0.2, 0) is 0 Å². The first kappa shape index (κ1) is 14.9. The minimum atomic E-state index is 0.858. The van der Waals surface area contributed by atoms with Gasteiger partial charge >= 0.3 is 0 Å². The molecule has 0 aliphatic heterocycles. The number of hydrogen-bond donors (Lipinski definition) is 2. The summed E-state index contributed by atoms with van der Waals surface area (Å²) in [6.07, 6.45) is 15.4. The standard InChI is InChI=1S/C11H20.2CH4O/c1-3-7-11(8-4-1)9-5-2-6-10-11;2*1-2/h1-10H2;2*2H,1H3. The quantitative estimate of drug-likeness (QED) is 0.653. The molecule has 2 N–H and O–H groups in total. The molecule has 2 aliphatic carbocycles. The average Bonchev–Trinajstić information content (AvgIpc) is 2.36. The molecule has 0 amide bonds. The van der Waals surface area contributed by atoms with E-state index in [-0.39, 0.29) is 0 Å². The normalized spacial score (nSPS) is 23.2. The minimum Gasteiger partial charge on any atom is -0.400 e. The van der Waals surface area contributed by atoms with Crippen LogP contribution in [0.3, 0.4) is 0 Å². The highest BCUT2D eigenvalue weighted by molar-refractivity contribution is 4.85. The number of aliphatic hydroxyl groups is 2. The van der Waals surface area contributed by atoms with Gasteiger partial charge in [0.2, 0.25) is 0 Å². The van der Waals surface area contributed by atoms with Crippen molar-refractivity contribution in [2.75, 3.05) is 14.2 Å². The molecule has 2 heteroatoms. The van der Waals surface area contributed by atoms with E-state index in [0.717, 1.165) is 19.6 Å². The highest BCUT2D eigenvalue weighted by atomic mass is 16.2. The average molecular weight is 216 g/mol. The third-order valence-electron chi connectivity index (χ3n) is 3.83. The zero-order valence-electron chi connectivity index (χ0n) is 10.5. The van der Waals surface area contributed by atoms with E-state index >= 15 is 0 Å². The van der Waals surface area contributed by atoms with Crippen LogP contribution in [0.2, 0.25) is 0 Å². The van der Waals surface area contributed by atoms with E-state index in [0.29, 0.717) is 0 Å². The van der Waals surface area contributed by atoms with Crippen molar-refractivity contribution in [2.24, 2.45) is 5.41 Å². The van der Waals surface area contributed by atoms with E-state index in [1.54, 1.807) is 25.7 Å². The van der Waals surface area contributed by atoms with Crippen LogP contribution in [-0.4, -0.2) is 24.4 Å². The van der Waals surface area contributed by atoms with Gasteiger partial charge < -0.3 is 10.2 Å². The summed E-state index contributed by atoms with van der Waals surface area (Å²) in [5.74, 6) is 0. The molecule has 0 atom stereocenters. The van der Waals surface area contributed by atoms with E-state index in [1.165, 1.54) is 38.5 Å². The molecular weight excluding hydrogens is 188 g/mol. The summed E-state index contributed by atoms with van der Waals surface area (Å²) < 4.78 is 0. The van der Waals surface area contributed by atoms with Gasteiger partial charge in [0.05, 0.1) is 0 Å². The van der Waals surface area contributed by atoms with Crippen LogP contribution in [0, 0.1) is 5.41 Å². The zero-order valence-corrected chi connectivity index (χ0v) is 10.5. The molecule has 0 bridgehead atoms. The Hall–Kier alpha value is -0.0800. The van der Waals surface area contributed by atoms with Crippen molar-refractivity contribution in [2.45, 2.75) is 64.2 Å². The molecule has 2 aliphatic rings. The Morgan fingerprint density at radius 2 is 0.800 bits per heavy atom. The fourth-order valence-electron chi connectivity index (χ4n) is 3.10. The molecule has 15 heavy (non-hydrogen) atoms. The number of aliphatic hydroxyl groups excluding tert-OH is 2. The molecule has 2 nitrogen and oxygen atoms in total. The van der Waals surface area contributed by atoms with Crippen molar-refractivity contribution in [3.8, 4) is 0 Å². The Bertz CT molecular complexity index is 103. The smallest absolute Gasteiger partial charge is 0.0319 e. The second-order valence-corrected chi connectivity index (χ2v) is 4.62. The predicted molar refractivity (Wildman–Crippen MR) is 64.9 cm³/mol. The second-order valence-electron chi connectivity index (χ2n) is 4.62. The topological polar surface area (TPSA) is 40.5 Å². The van der Waals surface area contributed by atoms with Gasteiger partial charge in [-0.2, -0.15) is 0 Å². The molecule has 0 saturated heterocycles. The largest absolute Gasteiger partial charge is 0.400 e. The number of rotatable bonds is 0. The van der Waals surface area contributed by atoms with Gasteiger partial charge in [0, 0.05) is 14.2 Å². The molecule has 0 unspecified atom stereocenters. The van der Waals surface area contributed by atoms with Gasteiger partial charge in [-0.15, -0.1) is 0 Å². The third kappa shape index (κ3) is 4.98. The summed E-state index contributed by atoms with van der Waals surface area (Å²) in [7, 11) is 2.00. The van der Waals surface area contributed by atoms with Gasteiger partial charge in [0.1, 0.15) is 0 Å². The van der Waals surface area contributed by atoms with Crippen LogP contribution < -0.4 is 0 Å². The van der Waals surface area contributed by atoms with Crippen molar-refractivity contribution in [1.29, 1.82) is 0 Å². The van der Waals surface area contributed by atoms with Crippen molar-refractivity contribution < 1.29 is 10.2 Å². The molecule has 0 radical (unpaired) electrons. The Morgan fingerprint density at radius 1 is 0.533 bits per heavy atom. The summed E-state index contributed by atoms with van der Waals surface area (Å²) in [4.78, 5) is 0. The molecule has 0 aromatic rings. The molecule has 2 saturated carbocycles. The first-order valence-electron chi connectivity index (χ1n) is 6.31. The highest BCUT2D eigenvalue weighted by Gasteiger charge is 2.32. The lowest BCUT2D eigenvalue weighted by molar-refractivity contribution is 0.124. The first-order chi connectivity index (χ1) is 7.41. The Balaban J connectivity index is 0.000000442. The van der Waals surface area contributed by atoms with E-state index in [1.807, 2.05) is 0 Å². The van der Waals surface area contributed by atoms with Crippen molar-refractivity contribution in [3.05, 3.63) is 0 Å². The van der Waals surface area contributed by atoms with Gasteiger partial charge in [-0.3, -0.25) is 0 Å². The fraction of sp³-hybridized carbons (Fsp3) is 1.00. The summed E-state index contributed by atoms with van der Waals surface area (Å²) in [6, 6.07) is 0. The molecule has 1 spiro atoms. The molecule has 92 valence electrons. The van der Waals surface area contributed by atoms with Gasteiger partial charge in [-0.25, -0.2) is 0 Å². The minimum absolute atomic E-state index is 0.858. The summed E-state index contributed by atoms with van der Waals surface area (Å²) in [5, 5.41) is 14.0. The van der Waals surface area contributed by atoms with Crippen LogP contribution >= 0.6 is 0 Å². The Kier molecular flexibility index (Phi) is 9.12. The molecule has 2 fully saturated rings. The van der Waals surface area contributed by atoms with Gasteiger partial charge in [0.15, 0.2) is 0 Å². The SMILES string of the molecule is C1CCC2(CC1)CCCCC2.CO.CO. The van der Waals surface area contributed by atoms with Crippen LogP contribution in [0.25, 0.3) is 0 Å². The van der Waals surface area contributed by atoms with Crippen LogP contribution in [0.4, 0.5) is 0 Å². The lowest BCUT2D eigenvalue weighted by Crippen LogP contribution is -2.26. The summed E-state index contributed by atoms with van der Waals surface area (Å²) in [5.41, 5.74) is 0.858. The maximum absolute atomic E-state index is 7.00. The van der Waals surface area contributed by atoms with E-state index < -0.39 is 0 Å². The van der Waals surface area contributed by atoms with Crippen molar-refractivity contribution in [1.82, 2.24) is 0 Å². The Labute approximate surface area is 94.7 Å². The van der Waals surface area contributed by atoms with Crippen molar-refractivity contribution in [3.63, 3.8) is 0 Å². The van der Waals surface area contributed by atoms with Crippen LogP contribution in [0.1, 0.15) is 64.2 Å². The summed E-state index contributed by atoms with van der Waals surface area (Å²) in [6.45, 7) is 0. The van der Waals surface area contributed by atoms with E-state index in [2.05, 4.69) is 0 Å². The monoisotopic (exact) mass is 216 g/mol. The zero-order chi connectivity index (χ0) is 11.6. The van der Waals surface area contributed by atoms with Gasteiger partial charge in [-0.05, 0) is 31.1 Å². The maximum Gasteiger partial charge on any atom is 0.0319 e. The fourth-order valence-corrected chi connectivity index (χ4v) is 3.10. The van der Waals surface area contributed by atoms with Crippen LogP contribution in [0.5, 0.6) is 0 Å². The predicted octanol–water partition coefficient (Wildman–Crippen LogP) is 3.12. The second kappa shape index (κ2) is 9.17. The first-order valence-corrected chi connectivity index (χ1v) is 6.31. The lowest BCUT2D eigenvalue weighted by Gasteiger charge is -2.40. The van der Waals surface area contributed by atoms with E-state index in [9.17, 15) is 0 Å². The molecule has 0 aromatic carbocycles. The number of hydrogen-bond acceptors (Lipinski definition) is 2. The van der Waals surface area contributed by atoms with Gasteiger partial charge in [0.25, 0.3) is 0 Å². The van der Waals surface area contributed by atoms with Gasteiger partial charge in [-0.1, -0.05) is 38.5 Å². The van der Waals surface area contributed by atoms with Crippen LogP contribution in [0.15, 0.2) is 0 Å². The highest BCUT2D eigenvalue weighted by Crippen LogP contribution is 2.47.